The zero-order valence-corrected chi connectivity index (χ0v) is 18.4. The Morgan fingerprint density at radius 3 is 2.52 bits per heavy atom. The third kappa shape index (κ3) is 4.79. The van der Waals surface area contributed by atoms with Crippen LogP contribution in [0.4, 0.5) is 5.69 Å². The third-order valence-corrected chi connectivity index (χ3v) is 5.83. The molecule has 9 nitrogen and oxygen atoms in total. The van der Waals surface area contributed by atoms with E-state index in [2.05, 4.69) is 15.5 Å². The minimum Gasteiger partial charge on any atom is -0.493 e. The minimum atomic E-state index is -0.181. The van der Waals surface area contributed by atoms with Crippen LogP contribution in [0.3, 0.4) is 0 Å². The maximum Gasteiger partial charge on any atom is 0.234 e. The third-order valence-electron chi connectivity index (χ3n) is 4.86. The van der Waals surface area contributed by atoms with Crippen LogP contribution in [0.15, 0.2) is 40.1 Å². The molecule has 1 N–H and O–H groups in total. The molecule has 0 aliphatic heterocycles. The van der Waals surface area contributed by atoms with Gasteiger partial charge in [0.25, 0.3) is 0 Å². The van der Waals surface area contributed by atoms with Crippen molar-refractivity contribution in [3.05, 3.63) is 42.1 Å². The summed E-state index contributed by atoms with van der Waals surface area (Å²) in [6.45, 7) is 0.544. The monoisotopic (exact) mass is 444 g/mol. The van der Waals surface area contributed by atoms with Gasteiger partial charge < -0.3 is 23.9 Å². The van der Waals surface area contributed by atoms with E-state index in [0.29, 0.717) is 40.6 Å². The number of carbonyl (C=O) groups is 1. The van der Waals surface area contributed by atoms with Crippen molar-refractivity contribution in [2.75, 3.05) is 32.4 Å². The highest BCUT2D eigenvalue weighted by molar-refractivity contribution is 7.99. The first-order valence-electron chi connectivity index (χ1n) is 9.81. The van der Waals surface area contributed by atoms with E-state index in [-0.39, 0.29) is 11.7 Å². The van der Waals surface area contributed by atoms with Gasteiger partial charge in [0.2, 0.25) is 11.7 Å². The van der Waals surface area contributed by atoms with Gasteiger partial charge in [-0.05, 0) is 25.0 Å². The zero-order chi connectivity index (χ0) is 21.8. The first kappa shape index (κ1) is 21.1. The summed E-state index contributed by atoms with van der Waals surface area (Å²) in [6.07, 6.45) is 3.87. The van der Waals surface area contributed by atoms with Gasteiger partial charge in [-0.1, -0.05) is 11.8 Å². The molecule has 1 saturated carbocycles. The number of amides is 1. The highest BCUT2D eigenvalue weighted by atomic mass is 32.2. The van der Waals surface area contributed by atoms with Gasteiger partial charge >= 0.3 is 0 Å². The second-order valence-corrected chi connectivity index (χ2v) is 7.97. The number of benzene rings is 1. The molecule has 3 aromatic rings. The lowest BCUT2D eigenvalue weighted by atomic mass is 10.2. The van der Waals surface area contributed by atoms with E-state index >= 15 is 0 Å². The Balaban J connectivity index is 1.45. The number of anilines is 1. The Labute approximate surface area is 184 Å². The van der Waals surface area contributed by atoms with Gasteiger partial charge in [0.05, 0.1) is 39.9 Å². The van der Waals surface area contributed by atoms with Crippen LogP contribution in [0, 0.1) is 0 Å². The number of hydrogen-bond donors (Lipinski definition) is 1. The molecular formula is C21H24N4O5S. The van der Waals surface area contributed by atoms with Gasteiger partial charge in [-0.25, -0.2) is 0 Å². The summed E-state index contributed by atoms with van der Waals surface area (Å²) in [6, 6.07) is 7.15. The van der Waals surface area contributed by atoms with Crippen molar-refractivity contribution in [2.24, 2.45) is 0 Å². The molecule has 10 heteroatoms. The molecule has 0 atom stereocenters. The second kappa shape index (κ2) is 9.34. The van der Waals surface area contributed by atoms with Crippen LogP contribution in [0.25, 0.3) is 0 Å². The summed E-state index contributed by atoms with van der Waals surface area (Å²) in [5.74, 6) is 3.61. The van der Waals surface area contributed by atoms with Crippen molar-refractivity contribution in [1.29, 1.82) is 0 Å². The van der Waals surface area contributed by atoms with E-state index in [9.17, 15) is 4.79 Å². The van der Waals surface area contributed by atoms with Crippen molar-refractivity contribution < 1.29 is 23.4 Å². The van der Waals surface area contributed by atoms with Crippen LogP contribution in [0.1, 0.15) is 30.3 Å². The van der Waals surface area contributed by atoms with Gasteiger partial charge in [-0.15, -0.1) is 10.2 Å². The Kier molecular flexibility index (Phi) is 6.36. The molecule has 0 radical (unpaired) electrons. The number of methoxy groups -OCH3 is 3. The highest BCUT2D eigenvalue weighted by Crippen LogP contribution is 2.41. The summed E-state index contributed by atoms with van der Waals surface area (Å²) in [4.78, 5) is 12.6. The molecule has 2 aromatic heterocycles. The molecular weight excluding hydrogens is 420 g/mol. The average Bonchev–Trinajstić information content (AvgIpc) is 3.34. The fraction of sp³-hybridized carbons (Fsp3) is 0.381. The summed E-state index contributed by atoms with van der Waals surface area (Å²) < 4.78 is 23.5. The fourth-order valence-corrected chi connectivity index (χ4v) is 3.98. The lowest BCUT2D eigenvalue weighted by molar-refractivity contribution is -0.113. The van der Waals surface area contributed by atoms with Crippen molar-refractivity contribution in [3.8, 4) is 17.2 Å². The van der Waals surface area contributed by atoms with Crippen molar-refractivity contribution in [3.63, 3.8) is 0 Å². The van der Waals surface area contributed by atoms with E-state index < -0.39 is 0 Å². The summed E-state index contributed by atoms with van der Waals surface area (Å²) in [7, 11) is 4.59. The molecule has 2 heterocycles. The number of aromatic nitrogens is 3. The summed E-state index contributed by atoms with van der Waals surface area (Å²) in [5.41, 5.74) is 0.552. The molecule has 1 fully saturated rings. The normalized spacial score (nSPS) is 13.1. The molecule has 0 saturated heterocycles. The van der Waals surface area contributed by atoms with Gasteiger partial charge in [-0.3, -0.25) is 9.36 Å². The van der Waals surface area contributed by atoms with Crippen LogP contribution in [0.5, 0.6) is 17.2 Å². The molecule has 1 aliphatic rings. The van der Waals surface area contributed by atoms with Crippen molar-refractivity contribution in [1.82, 2.24) is 14.8 Å². The smallest absolute Gasteiger partial charge is 0.234 e. The Hall–Kier alpha value is -3.14. The number of carbonyl (C=O) groups excluding carboxylic acids is 1. The van der Waals surface area contributed by atoms with Crippen molar-refractivity contribution in [2.45, 2.75) is 30.5 Å². The second-order valence-electron chi connectivity index (χ2n) is 7.03. The van der Waals surface area contributed by atoms with Crippen LogP contribution >= 0.6 is 11.8 Å². The topological polar surface area (TPSA) is 101 Å². The maximum atomic E-state index is 12.6. The van der Waals surface area contributed by atoms with E-state index in [1.54, 1.807) is 18.4 Å². The fourth-order valence-electron chi connectivity index (χ4n) is 3.24. The molecule has 1 aliphatic carbocycles. The van der Waals surface area contributed by atoms with Crippen molar-refractivity contribution >= 4 is 23.4 Å². The lowest BCUT2D eigenvalue weighted by Gasteiger charge is -2.14. The molecule has 4 rings (SSSR count). The van der Waals surface area contributed by atoms with Gasteiger partial charge in [0.15, 0.2) is 16.7 Å². The van der Waals surface area contributed by atoms with Gasteiger partial charge in [0.1, 0.15) is 11.6 Å². The molecule has 0 bridgehead atoms. The van der Waals surface area contributed by atoms with E-state index in [1.165, 1.54) is 33.1 Å². The first-order chi connectivity index (χ1) is 15.1. The highest BCUT2D eigenvalue weighted by Gasteiger charge is 2.31. The number of ether oxygens (including phenoxy) is 3. The molecule has 0 unspecified atom stereocenters. The Bertz CT molecular complexity index is 1020. The summed E-state index contributed by atoms with van der Waals surface area (Å²) in [5, 5.41) is 12.2. The van der Waals surface area contributed by atoms with Crippen LogP contribution in [-0.2, 0) is 11.3 Å². The molecule has 0 spiro atoms. The average molecular weight is 445 g/mol. The predicted octanol–water partition coefficient (Wildman–Crippen LogP) is 3.55. The van der Waals surface area contributed by atoms with Crippen LogP contribution in [-0.4, -0.2) is 47.8 Å². The predicted molar refractivity (Wildman–Crippen MR) is 115 cm³/mol. The largest absolute Gasteiger partial charge is 0.493 e. The van der Waals surface area contributed by atoms with E-state index in [1.807, 2.05) is 16.7 Å². The lowest BCUT2D eigenvalue weighted by Crippen LogP contribution is -2.15. The molecule has 1 aromatic carbocycles. The zero-order valence-electron chi connectivity index (χ0n) is 17.6. The number of thioether (sulfide) groups is 1. The van der Waals surface area contributed by atoms with Crippen LogP contribution < -0.4 is 19.5 Å². The number of nitrogens with one attached hydrogen (secondary N) is 1. The minimum absolute atomic E-state index is 0.178. The summed E-state index contributed by atoms with van der Waals surface area (Å²) >= 11 is 1.34. The number of hydrogen-bond acceptors (Lipinski definition) is 8. The standard InChI is InChI=1S/C21H24N4O5S/c1-27-16-9-14(10-17(28-2)19(16)29-3)22-18(26)12-31-21-24-23-20(13-6-7-13)25(21)11-15-5-4-8-30-15/h4-5,8-10,13H,6-7,11-12H2,1-3H3,(H,22,26). The number of rotatable bonds is 10. The maximum absolute atomic E-state index is 12.6. The van der Waals surface area contributed by atoms with E-state index in [4.69, 9.17) is 18.6 Å². The molecule has 164 valence electrons. The Morgan fingerprint density at radius 1 is 1.19 bits per heavy atom. The molecule has 31 heavy (non-hydrogen) atoms. The van der Waals surface area contributed by atoms with E-state index in [0.717, 1.165) is 24.4 Å². The van der Waals surface area contributed by atoms with Crippen LogP contribution in [0.2, 0.25) is 0 Å². The van der Waals surface area contributed by atoms with Gasteiger partial charge in [0, 0.05) is 23.7 Å². The quantitative estimate of drug-likeness (QED) is 0.474. The van der Waals surface area contributed by atoms with Gasteiger partial charge in [-0.2, -0.15) is 0 Å². The first-order valence-corrected chi connectivity index (χ1v) is 10.8. The number of nitrogens with zero attached hydrogens (tertiary/aromatic N) is 3. The molecule has 1 amide bonds. The SMILES string of the molecule is COc1cc(NC(=O)CSc2nnc(C3CC3)n2Cc2ccco2)cc(OC)c1OC. The Morgan fingerprint density at radius 2 is 1.94 bits per heavy atom. The number of furan rings is 1.